The van der Waals surface area contributed by atoms with Crippen molar-refractivity contribution in [3.63, 3.8) is 0 Å². The summed E-state index contributed by atoms with van der Waals surface area (Å²) in [6.07, 6.45) is 5.02. The Morgan fingerprint density at radius 3 is 2.40 bits per heavy atom. The summed E-state index contributed by atoms with van der Waals surface area (Å²) in [5, 5.41) is 3.83. The van der Waals surface area contributed by atoms with Gasteiger partial charge in [0.15, 0.2) is 0 Å². The third kappa shape index (κ3) is 3.54. The lowest BCUT2D eigenvalue weighted by molar-refractivity contribution is 0.354. The van der Waals surface area contributed by atoms with Gasteiger partial charge in [-0.1, -0.05) is 26.0 Å². The largest absolute Gasteiger partial charge is 0.371 e. The number of hydrogen-bond acceptors (Lipinski definition) is 2. The lowest BCUT2D eigenvalue weighted by atomic mass is 10.00. The predicted molar refractivity (Wildman–Crippen MR) is 88.7 cm³/mol. The second-order valence-corrected chi connectivity index (χ2v) is 6.16. The summed E-state index contributed by atoms with van der Waals surface area (Å²) in [6.45, 7) is 11.4. The molecule has 2 nitrogen and oxygen atoms in total. The van der Waals surface area contributed by atoms with E-state index in [2.05, 4.69) is 56.1 Å². The maximum atomic E-state index is 3.83. The van der Waals surface area contributed by atoms with Crippen molar-refractivity contribution in [1.82, 2.24) is 5.32 Å². The van der Waals surface area contributed by atoms with Gasteiger partial charge in [0.05, 0.1) is 0 Å². The van der Waals surface area contributed by atoms with E-state index in [1.54, 1.807) is 0 Å². The number of rotatable bonds is 5. The second-order valence-electron chi connectivity index (χ2n) is 6.16. The third-order valence-electron chi connectivity index (χ3n) is 4.87. The molecule has 0 bridgehead atoms. The Kier molecular flexibility index (Phi) is 5.47. The highest BCUT2D eigenvalue weighted by Gasteiger charge is 2.21. The molecular formula is C18H30N2. The zero-order valence-corrected chi connectivity index (χ0v) is 13.6. The molecule has 0 atom stereocenters. The molecule has 1 aliphatic rings. The maximum absolute atomic E-state index is 3.83. The van der Waals surface area contributed by atoms with Crippen LogP contribution in [0.25, 0.3) is 0 Å². The van der Waals surface area contributed by atoms with Crippen LogP contribution in [0.5, 0.6) is 0 Å². The van der Waals surface area contributed by atoms with Gasteiger partial charge in [-0.25, -0.2) is 0 Å². The van der Waals surface area contributed by atoms with Crippen molar-refractivity contribution in [3.8, 4) is 0 Å². The Balaban J connectivity index is 1.92. The monoisotopic (exact) mass is 274 g/mol. The number of benzene rings is 1. The lowest BCUT2D eigenvalue weighted by Crippen LogP contribution is -2.46. The number of anilines is 1. The molecule has 2 heteroatoms. The Bertz CT molecular complexity index is 415. The van der Waals surface area contributed by atoms with Gasteiger partial charge in [-0.2, -0.15) is 0 Å². The van der Waals surface area contributed by atoms with Gasteiger partial charge in [0, 0.05) is 30.9 Å². The smallest absolute Gasteiger partial charge is 0.0398 e. The topological polar surface area (TPSA) is 15.3 Å². The fraction of sp³-hybridized carbons (Fsp3) is 0.667. The van der Waals surface area contributed by atoms with E-state index >= 15 is 0 Å². The van der Waals surface area contributed by atoms with E-state index in [-0.39, 0.29) is 0 Å². The molecule has 1 saturated heterocycles. The molecule has 2 rings (SSSR count). The first-order valence-corrected chi connectivity index (χ1v) is 8.22. The fourth-order valence-corrected chi connectivity index (χ4v) is 3.22. The van der Waals surface area contributed by atoms with Crippen LogP contribution in [-0.4, -0.2) is 25.2 Å². The van der Waals surface area contributed by atoms with E-state index in [0.717, 1.165) is 0 Å². The van der Waals surface area contributed by atoms with E-state index in [4.69, 9.17) is 0 Å². The summed E-state index contributed by atoms with van der Waals surface area (Å²) >= 11 is 0. The Morgan fingerprint density at radius 2 is 1.80 bits per heavy atom. The summed E-state index contributed by atoms with van der Waals surface area (Å²) in [6, 6.07) is 8.08. The van der Waals surface area contributed by atoms with Gasteiger partial charge in [0.1, 0.15) is 0 Å². The molecule has 0 aliphatic carbocycles. The highest BCUT2D eigenvalue weighted by atomic mass is 15.2. The molecule has 1 aromatic carbocycles. The molecule has 1 aliphatic heterocycles. The molecule has 0 radical (unpaired) electrons. The average Bonchev–Trinajstić information content (AvgIpc) is 2.48. The van der Waals surface area contributed by atoms with Gasteiger partial charge in [-0.05, 0) is 56.7 Å². The number of aryl methyl sites for hydroxylation is 1. The van der Waals surface area contributed by atoms with Crippen LogP contribution in [0.4, 0.5) is 5.69 Å². The maximum Gasteiger partial charge on any atom is 0.0398 e. The van der Waals surface area contributed by atoms with Crippen molar-refractivity contribution in [2.24, 2.45) is 0 Å². The molecule has 0 aromatic heterocycles. The summed E-state index contributed by atoms with van der Waals surface area (Å²) in [5.74, 6) is 0. The quantitative estimate of drug-likeness (QED) is 0.871. The van der Waals surface area contributed by atoms with Crippen molar-refractivity contribution in [2.75, 3.05) is 18.0 Å². The predicted octanol–water partition coefficient (Wildman–Crippen LogP) is 4.05. The van der Waals surface area contributed by atoms with Crippen molar-refractivity contribution in [3.05, 3.63) is 29.3 Å². The summed E-state index contributed by atoms with van der Waals surface area (Å²) in [7, 11) is 0. The molecule has 0 spiro atoms. The van der Waals surface area contributed by atoms with E-state index in [9.17, 15) is 0 Å². The van der Waals surface area contributed by atoms with Gasteiger partial charge in [0.25, 0.3) is 0 Å². The Hall–Kier alpha value is -1.02. The van der Waals surface area contributed by atoms with Crippen molar-refractivity contribution >= 4 is 5.69 Å². The normalized spacial score (nSPS) is 16.9. The summed E-state index contributed by atoms with van der Waals surface area (Å²) < 4.78 is 0. The van der Waals surface area contributed by atoms with Crippen LogP contribution in [0.15, 0.2) is 18.2 Å². The van der Waals surface area contributed by atoms with Crippen LogP contribution in [0.3, 0.4) is 0 Å². The molecule has 1 aromatic rings. The first-order valence-electron chi connectivity index (χ1n) is 8.22. The van der Waals surface area contributed by atoms with Crippen LogP contribution >= 0.6 is 0 Å². The first kappa shape index (κ1) is 15.4. The van der Waals surface area contributed by atoms with E-state index in [1.165, 1.54) is 55.6 Å². The molecular weight excluding hydrogens is 244 g/mol. The zero-order valence-electron chi connectivity index (χ0n) is 13.6. The van der Waals surface area contributed by atoms with E-state index in [0.29, 0.717) is 12.1 Å². The average molecular weight is 274 g/mol. The minimum absolute atomic E-state index is 0.701. The van der Waals surface area contributed by atoms with Crippen LogP contribution in [0.1, 0.15) is 50.7 Å². The highest BCUT2D eigenvalue weighted by molar-refractivity contribution is 5.56. The first-order chi connectivity index (χ1) is 9.65. The van der Waals surface area contributed by atoms with E-state index < -0.39 is 0 Å². The van der Waals surface area contributed by atoms with Gasteiger partial charge < -0.3 is 10.2 Å². The molecule has 20 heavy (non-hydrogen) atoms. The van der Waals surface area contributed by atoms with Gasteiger partial charge in [-0.15, -0.1) is 0 Å². The molecule has 0 saturated carbocycles. The SMILES string of the molecule is CCC(CC)NC1CCN(c2cccc(C)c2C)CC1. The lowest BCUT2D eigenvalue weighted by Gasteiger charge is -2.36. The second kappa shape index (κ2) is 7.12. The Morgan fingerprint density at radius 1 is 1.15 bits per heavy atom. The standard InChI is InChI=1S/C18H30N2/c1-5-16(6-2)19-17-10-12-20(13-11-17)18-9-7-8-14(3)15(18)4/h7-9,16-17,19H,5-6,10-13H2,1-4H3. The van der Waals surface area contributed by atoms with Crippen molar-refractivity contribution in [1.29, 1.82) is 0 Å². The zero-order chi connectivity index (χ0) is 14.5. The summed E-state index contributed by atoms with van der Waals surface area (Å²) in [5.41, 5.74) is 4.28. The minimum Gasteiger partial charge on any atom is -0.371 e. The molecule has 1 heterocycles. The number of nitrogens with one attached hydrogen (secondary N) is 1. The highest BCUT2D eigenvalue weighted by Crippen LogP contribution is 2.26. The number of nitrogens with zero attached hydrogens (tertiary/aromatic N) is 1. The van der Waals surface area contributed by atoms with Gasteiger partial charge in [0.2, 0.25) is 0 Å². The minimum atomic E-state index is 0.701. The van der Waals surface area contributed by atoms with Crippen LogP contribution in [0.2, 0.25) is 0 Å². The van der Waals surface area contributed by atoms with E-state index in [1.807, 2.05) is 0 Å². The summed E-state index contributed by atoms with van der Waals surface area (Å²) in [4.78, 5) is 2.56. The number of hydrogen-bond donors (Lipinski definition) is 1. The molecule has 1 fully saturated rings. The third-order valence-corrected chi connectivity index (χ3v) is 4.87. The van der Waals surface area contributed by atoms with Crippen molar-refractivity contribution in [2.45, 2.75) is 65.5 Å². The molecule has 1 N–H and O–H groups in total. The Labute approximate surface area is 124 Å². The molecule has 0 unspecified atom stereocenters. The fourth-order valence-electron chi connectivity index (χ4n) is 3.22. The van der Waals surface area contributed by atoms with Crippen molar-refractivity contribution < 1.29 is 0 Å². The van der Waals surface area contributed by atoms with Gasteiger partial charge >= 0.3 is 0 Å². The van der Waals surface area contributed by atoms with Gasteiger partial charge in [-0.3, -0.25) is 0 Å². The molecule has 112 valence electrons. The van der Waals surface area contributed by atoms with Crippen LogP contribution in [-0.2, 0) is 0 Å². The van der Waals surface area contributed by atoms with Crippen LogP contribution < -0.4 is 10.2 Å². The van der Waals surface area contributed by atoms with Crippen LogP contribution in [0, 0.1) is 13.8 Å². The molecule has 0 amide bonds. The number of piperidine rings is 1.